The Kier molecular flexibility index (Phi) is 18.2. The number of aryl methyl sites for hydroxylation is 2. The van der Waals surface area contributed by atoms with Gasteiger partial charge in [0.15, 0.2) is 0 Å². The van der Waals surface area contributed by atoms with E-state index in [1.165, 1.54) is 30.5 Å². The summed E-state index contributed by atoms with van der Waals surface area (Å²) in [6.07, 6.45) is 3.33. The van der Waals surface area contributed by atoms with E-state index >= 15 is 0 Å². The zero-order valence-corrected chi connectivity index (χ0v) is 19.2. The third kappa shape index (κ3) is 13.9. The predicted molar refractivity (Wildman–Crippen MR) is 123 cm³/mol. The zero-order valence-electron chi connectivity index (χ0n) is 19.2. The summed E-state index contributed by atoms with van der Waals surface area (Å²) >= 11 is 0. The average Bonchev–Trinajstić information content (AvgIpc) is 2.70. The quantitative estimate of drug-likeness (QED) is 0.546. The number of rotatable bonds is 5. The molecule has 2 aromatic carbocycles. The minimum atomic E-state index is 0.0396. The van der Waals surface area contributed by atoms with Crippen LogP contribution in [0.15, 0.2) is 54.6 Å². The first kappa shape index (κ1) is 28.0. The summed E-state index contributed by atoms with van der Waals surface area (Å²) in [5, 5.41) is 0. The van der Waals surface area contributed by atoms with E-state index in [0.29, 0.717) is 0 Å². The molecule has 0 fully saturated rings. The van der Waals surface area contributed by atoms with E-state index in [1.54, 1.807) is 6.92 Å². The number of carbonyl (C=O) groups is 2. The van der Waals surface area contributed by atoms with Crippen molar-refractivity contribution < 1.29 is 9.59 Å². The summed E-state index contributed by atoms with van der Waals surface area (Å²) in [4.78, 5) is 20.7. The predicted octanol–water partition coefficient (Wildman–Crippen LogP) is 7.20. The number of benzene rings is 2. The van der Waals surface area contributed by atoms with Crippen LogP contribution in [-0.2, 0) is 22.4 Å². The normalized spacial score (nSPS) is 10.0. The topological polar surface area (TPSA) is 34.1 Å². The largest absolute Gasteiger partial charge is 0.300 e. The standard InChI is InChI=1S/C13H18O.C8H10.C3H6O.C2H6/c1-4-7-12-8-5-6-9-13(12)10(2)11(3)14;1-2-8-6-4-3-5-7-8;1-3(2)4;1-2/h5-6,8-10H,4,7H2,1-3H3;3-7H,2H2,1H3;1-2H3;1-2H3. The van der Waals surface area contributed by atoms with Crippen molar-refractivity contribution in [2.75, 3.05) is 0 Å². The van der Waals surface area contributed by atoms with Crippen LogP contribution in [0.3, 0.4) is 0 Å². The van der Waals surface area contributed by atoms with Crippen LogP contribution in [-0.4, -0.2) is 11.6 Å². The maximum absolute atomic E-state index is 11.3. The number of ketones is 2. The number of hydrogen-bond donors (Lipinski definition) is 0. The Morgan fingerprint density at radius 1 is 0.821 bits per heavy atom. The van der Waals surface area contributed by atoms with Crippen molar-refractivity contribution in [3.63, 3.8) is 0 Å². The van der Waals surface area contributed by atoms with Gasteiger partial charge in [-0.3, -0.25) is 4.79 Å². The fourth-order valence-corrected chi connectivity index (χ4v) is 2.39. The molecule has 28 heavy (non-hydrogen) atoms. The third-order valence-corrected chi connectivity index (χ3v) is 3.90. The SMILES string of the molecule is CC.CC(C)=O.CCCc1ccccc1C(C)C(C)=O.CCc1ccccc1. The van der Waals surface area contributed by atoms with Gasteiger partial charge in [0.25, 0.3) is 0 Å². The molecular weight excluding hydrogens is 344 g/mol. The first-order valence-electron chi connectivity index (χ1n) is 10.4. The van der Waals surface area contributed by atoms with E-state index in [1.807, 2.05) is 39.0 Å². The van der Waals surface area contributed by atoms with E-state index in [9.17, 15) is 9.59 Å². The van der Waals surface area contributed by atoms with Crippen LogP contribution in [0, 0.1) is 0 Å². The molecule has 0 N–H and O–H groups in total. The molecule has 1 unspecified atom stereocenters. The lowest BCUT2D eigenvalue weighted by Crippen LogP contribution is -2.07. The highest BCUT2D eigenvalue weighted by molar-refractivity contribution is 5.83. The lowest BCUT2D eigenvalue weighted by atomic mass is 9.91. The van der Waals surface area contributed by atoms with Gasteiger partial charge in [-0.05, 0) is 50.3 Å². The molecule has 0 spiro atoms. The minimum Gasteiger partial charge on any atom is -0.300 e. The highest BCUT2D eigenvalue weighted by Gasteiger charge is 2.13. The molecule has 0 saturated carbocycles. The Bertz CT molecular complexity index is 640. The fourth-order valence-electron chi connectivity index (χ4n) is 2.39. The van der Waals surface area contributed by atoms with Gasteiger partial charge in [0.2, 0.25) is 0 Å². The molecule has 2 heteroatoms. The molecule has 0 amide bonds. The molecule has 0 aromatic heterocycles. The molecule has 0 aliphatic heterocycles. The maximum Gasteiger partial charge on any atom is 0.136 e. The molecule has 0 heterocycles. The van der Waals surface area contributed by atoms with Gasteiger partial charge in [-0.15, -0.1) is 0 Å². The van der Waals surface area contributed by atoms with Gasteiger partial charge in [0.05, 0.1) is 0 Å². The van der Waals surface area contributed by atoms with Gasteiger partial charge in [0.1, 0.15) is 11.6 Å². The van der Waals surface area contributed by atoms with Crippen molar-refractivity contribution in [2.45, 2.75) is 80.6 Å². The fraction of sp³-hybridized carbons (Fsp3) is 0.462. The van der Waals surface area contributed by atoms with Gasteiger partial charge >= 0.3 is 0 Å². The van der Waals surface area contributed by atoms with Crippen molar-refractivity contribution in [3.05, 3.63) is 71.3 Å². The Morgan fingerprint density at radius 3 is 1.68 bits per heavy atom. The van der Waals surface area contributed by atoms with Crippen LogP contribution < -0.4 is 0 Å². The summed E-state index contributed by atoms with van der Waals surface area (Å²) < 4.78 is 0. The van der Waals surface area contributed by atoms with Crippen LogP contribution in [0.2, 0.25) is 0 Å². The number of hydrogen-bond acceptors (Lipinski definition) is 2. The summed E-state index contributed by atoms with van der Waals surface area (Å²) in [6.45, 7) is 15.0. The van der Waals surface area contributed by atoms with Gasteiger partial charge in [-0.1, -0.05) is 95.6 Å². The Hall–Kier alpha value is -2.22. The molecule has 0 aliphatic rings. The van der Waals surface area contributed by atoms with Gasteiger partial charge in [0, 0.05) is 5.92 Å². The molecule has 1 atom stereocenters. The van der Waals surface area contributed by atoms with E-state index in [2.05, 4.69) is 50.2 Å². The molecule has 0 radical (unpaired) electrons. The molecule has 0 saturated heterocycles. The van der Waals surface area contributed by atoms with Crippen LogP contribution in [0.25, 0.3) is 0 Å². The third-order valence-electron chi connectivity index (χ3n) is 3.90. The van der Waals surface area contributed by atoms with Crippen molar-refractivity contribution in [2.24, 2.45) is 0 Å². The number of Topliss-reactive ketones (excluding diaryl/α,β-unsaturated/α-hetero) is 2. The molecule has 156 valence electrons. The van der Waals surface area contributed by atoms with Crippen LogP contribution in [0.1, 0.15) is 84.4 Å². The Morgan fingerprint density at radius 2 is 1.29 bits per heavy atom. The Labute approximate surface area is 173 Å². The zero-order chi connectivity index (χ0) is 21.9. The maximum atomic E-state index is 11.3. The van der Waals surface area contributed by atoms with Gasteiger partial charge in [-0.25, -0.2) is 0 Å². The molecular formula is C26H40O2. The van der Waals surface area contributed by atoms with Gasteiger partial charge < -0.3 is 4.79 Å². The second kappa shape index (κ2) is 18.2. The summed E-state index contributed by atoms with van der Waals surface area (Å²) in [7, 11) is 0. The highest BCUT2D eigenvalue weighted by atomic mass is 16.1. The second-order valence-electron chi connectivity index (χ2n) is 6.53. The first-order valence-corrected chi connectivity index (χ1v) is 10.4. The molecule has 2 aromatic rings. The van der Waals surface area contributed by atoms with Gasteiger partial charge in [-0.2, -0.15) is 0 Å². The van der Waals surface area contributed by atoms with E-state index in [4.69, 9.17) is 0 Å². The lowest BCUT2D eigenvalue weighted by molar-refractivity contribution is -0.118. The van der Waals surface area contributed by atoms with Crippen molar-refractivity contribution in [1.29, 1.82) is 0 Å². The highest BCUT2D eigenvalue weighted by Crippen LogP contribution is 2.21. The lowest BCUT2D eigenvalue weighted by Gasteiger charge is -2.13. The van der Waals surface area contributed by atoms with E-state index in [-0.39, 0.29) is 17.5 Å². The van der Waals surface area contributed by atoms with E-state index < -0.39 is 0 Å². The smallest absolute Gasteiger partial charge is 0.136 e. The minimum absolute atomic E-state index is 0.0396. The van der Waals surface area contributed by atoms with Crippen molar-refractivity contribution in [3.8, 4) is 0 Å². The second-order valence-corrected chi connectivity index (χ2v) is 6.53. The monoisotopic (exact) mass is 384 g/mol. The molecule has 0 bridgehead atoms. The van der Waals surface area contributed by atoms with Crippen LogP contribution in [0.4, 0.5) is 0 Å². The molecule has 0 aliphatic carbocycles. The summed E-state index contributed by atoms with van der Waals surface area (Å²) in [5.41, 5.74) is 3.92. The number of carbonyl (C=O) groups excluding carboxylic acids is 2. The van der Waals surface area contributed by atoms with Crippen molar-refractivity contribution in [1.82, 2.24) is 0 Å². The summed E-state index contributed by atoms with van der Waals surface area (Å²) in [5.74, 6) is 0.450. The first-order chi connectivity index (χ1) is 13.3. The van der Waals surface area contributed by atoms with Crippen LogP contribution >= 0.6 is 0 Å². The van der Waals surface area contributed by atoms with Crippen molar-refractivity contribution >= 4 is 11.6 Å². The van der Waals surface area contributed by atoms with Crippen LogP contribution in [0.5, 0.6) is 0 Å². The summed E-state index contributed by atoms with van der Waals surface area (Å²) in [6, 6.07) is 18.7. The Balaban J connectivity index is 0. The van der Waals surface area contributed by atoms with E-state index in [0.717, 1.165) is 19.3 Å². The average molecular weight is 385 g/mol. The molecule has 2 nitrogen and oxygen atoms in total. The molecule has 2 rings (SSSR count).